The number of hydrogen-bond acceptors (Lipinski definition) is 1. The fraction of sp³-hybridized carbons (Fsp3) is 0.0233. The molecular formula is C43H31N. The SMILES string of the molecule is c1ccc(-c2ccccc2-c2ccc(N(c3ccccc3)c3ccc(-c4ccc5c(c4)-c4ccccc4C5)cc3)cc2)cc1. The van der Waals surface area contributed by atoms with E-state index in [-0.39, 0.29) is 0 Å². The maximum absolute atomic E-state index is 2.36. The largest absolute Gasteiger partial charge is 0.311 e. The third-order valence-electron chi connectivity index (χ3n) is 8.72. The molecule has 8 rings (SSSR count). The summed E-state index contributed by atoms with van der Waals surface area (Å²) in [6.45, 7) is 0. The van der Waals surface area contributed by atoms with Crippen LogP contribution in [0, 0.1) is 0 Å². The van der Waals surface area contributed by atoms with Gasteiger partial charge in [-0.25, -0.2) is 0 Å². The lowest BCUT2D eigenvalue weighted by molar-refractivity contribution is 1.26. The number of para-hydroxylation sites is 1. The Morgan fingerprint density at radius 1 is 0.295 bits per heavy atom. The third kappa shape index (κ3) is 4.79. The molecule has 0 heterocycles. The molecular weight excluding hydrogens is 530 g/mol. The van der Waals surface area contributed by atoms with Crippen LogP contribution in [-0.2, 0) is 6.42 Å². The molecule has 0 unspecified atom stereocenters. The van der Waals surface area contributed by atoms with Gasteiger partial charge in [-0.3, -0.25) is 0 Å². The average molecular weight is 562 g/mol. The highest BCUT2D eigenvalue weighted by atomic mass is 15.1. The summed E-state index contributed by atoms with van der Waals surface area (Å²) in [6.07, 6.45) is 1.02. The molecule has 0 spiro atoms. The summed E-state index contributed by atoms with van der Waals surface area (Å²) in [6, 6.07) is 63.5. The summed E-state index contributed by atoms with van der Waals surface area (Å²) in [5, 5.41) is 0. The zero-order chi connectivity index (χ0) is 29.3. The summed E-state index contributed by atoms with van der Waals surface area (Å²) in [4.78, 5) is 2.33. The standard InChI is InChI=1S/C43H31N/c1-3-11-32(12-4-1)40-16-9-10-17-41(40)33-23-27-39(28-24-33)44(37-14-5-2-6-15-37)38-25-21-31(22-26-38)34-19-20-36-29-35-13-7-8-18-42(35)43(36)30-34/h1-28,30H,29H2. The highest BCUT2D eigenvalue weighted by Gasteiger charge is 2.19. The van der Waals surface area contributed by atoms with E-state index in [4.69, 9.17) is 0 Å². The van der Waals surface area contributed by atoms with Crippen molar-refractivity contribution in [3.63, 3.8) is 0 Å². The zero-order valence-corrected chi connectivity index (χ0v) is 24.4. The maximum Gasteiger partial charge on any atom is 0.0462 e. The average Bonchev–Trinajstić information content (AvgIpc) is 3.48. The lowest BCUT2D eigenvalue weighted by Gasteiger charge is -2.26. The van der Waals surface area contributed by atoms with Crippen LogP contribution in [0.3, 0.4) is 0 Å². The Balaban J connectivity index is 1.13. The first-order chi connectivity index (χ1) is 21.8. The highest BCUT2D eigenvalue weighted by Crippen LogP contribution is 2.41. The van der Waals surface area contributed by atoms with Crippen molar-refractivity contribution in [1.29, 1.82) is 0 Å². The summed E-state index contributed by atoms with van der Waals surface area (Å²) >= 11 is 0. The summed E-state index contributed by atoms with van der Waals surface area (Å²) < 4.78 is 0. The third-order valence-corrected chi connectivity index (χ3v) is 8.72. The zero-order valence-electron chi connectivity index (χ0n) is 24.4. The van der Waals surface area contributed by atoms with Crippen molar-refractivity contribution in [2.24, 2.45) is 0 Å². The van der Waals surface area contributed by atoms with Gasteiger partial charge in [-0.05, 0) is 105 Å². The molecule has 7 aromatic rings. The molecule has 0 atom stereocenters. The molecule has 0 N–H and O–H groups in total. The Kier molecular flexibility index (Phi) is 6.62. The molecule has 1 heteroatoms. The molecule has 0 aromatic heterocycles. The molecule has 7 aromatic carbocycles. The Labute approximate surface area is 259 Å². The van der Waals surface area contributed by atoms with Gasteiger partial charge in [0.05, 0.1) is 0 Å². The molecule has 0 saturated carbocycles. The van der Waals surface area contributed by atoms with Gasteiger partial charge in [0.15, 0.2) is 0 Å². The molecule has 0 amide bonds. The fourth-order valence-electron chi connectivity index (χ4n) is 6.52. The van der Waals surface area contributed by atoms with Crippen LogP contribution in [-0.4, -0.2) is 0 Å². The lowest BCUT2D eigenvalue weighted by Crippen LogP contribution is -2.09. The van der Waals surface area contributed by atoms with Crippen LogP contribution in [0.2, 0.25) is 0 Å². The van der Waals surface area contributed by atoms with Gasteiger partial charge in [0.2, 0.25) is 0 Å². The topological polar surface area (TPSA) is 3.24 Å². The van der Waals surface area contributed by atoms with Crippen LogP contribution in [0.25, 0.3) is 44.5 Å². The Hall–Kier alpha value is -5.66. The van der Waals surface area contributed by atoms with Crippen LogP contribution in [0.1, 0.15) is 11.1 Å². The van der Waals surface area contributed by atoms with Crippen molar-refractivity contribution >= 4 is 17.1 Å². The number of benzene rings is 7. The molecule has 1 aliphatic carbocycles. The van der Waals surface area contributed by atoms with E-state index in [1.165, 1.54) is 55.6 Å². The molecule has 1 aliphatic rings. The quantitative estimate of drug-likeness (QED) is 0.195. The van der Waals surface area contributed by atoms with E-state index in [1.807, 2.05) is 0 Å². The predicted molar refractivity (Wildman–Crippen MR) is 186 cm³/mol. The van der Waals surface area contributed by atoms with Gasteiger partial charge in [-0.2, -0.15) is 0 Å². The van der Waals surface area contributed by atoms with Gasteiger partial charge < -0.3 is 4.90 Å². The first-order valence-corrected chi connectivity index (χ1v) is 15.2. The van der Waals surface area contributed by atoms with Crippen LogP contribution in [0.4, 0.5) is 17.1 Å². The number of fused-ring (bicyclic) bond motifs is 3. The molecule has 0 radical (unpaired) electrons. The number of rotatable bonds is 6. The van der Waals surface area contributed by atoms with Crippen molar-refractivity contribution in [3.8, 4) is 44.5 Å². The minimum Gasteiger partial charge on any atom is -0.311 e. The van der Waals surface area contributed by atoms with Gasteiger partial charge in [-0.15, -0.1) is 0 Å². The Morgan fingerprint density at radius 3 is 1.41 bits per heavy atom. The fourth-order valence-corrected chi connectivity index (χ4v) is 6.52. The van der Waals surface area contributed by atoms with E-state index in [1.54, 1.807) is 0 Å². The van der Waals surface area contributed by atoms with Gasteiger partial charge in [0.25, 0.3) is 0 Å². The second-order valence-corrected chi connectivity index (χ2v) is 11.4. The minimum atomic E-state index is 1.02. The lowest BCUT2D eigenvalue weighted by atomic mass is 9.94. The van der Waals surface area contributed by atoms with E-state index >= 15 is 0 Å². The molecule has 44 heavy (non-hydrogen) atoms. The van der Waals surface area contributed by atoms with E-state index in [0.29, 0.717) is 0 Å². The number of nitrogens with zero attached hydrogens (tertiary/aromatic N) is 1. The van der Waals surface area contributed by atoms with Crippen LogP contribution >= 0.6 is 0 Å². The van der Waals surface area contributed by atoms with Crippen molar-refractivity contribution in [1.82, 2.24) is 0 Å². The molecule has 0 aliphatic heterocycles. The predicted octanol–water partition coefficient (Wildman–Crippen LogP) is 11.7. The van der Waals surface area contributed by atoms with Gasteiger partial charge in [0, 0.05) is 17.1 Å². The minimum absolute atomic E-state index is 1.02. The molecule has 0 saturated heterocycles. The maximum atomic E-state index is 2.36. The highest BCUT2D eigenvalue weighted by molar-refractivity contribution is 5.86. The second-order valence-electron chi connectivity index (χ2n) is 11.4. The van der Waals surface area contributed by atoms with E-state index in [0.717, 1.165) is 23.5 Å². The molecule has 208 valence electrons. The molecule has 0 bridgehead atoms. The Morgan fingerprint density at radius 2 is 0.750 bits per heavy atom. The number of hydrogen-bond donors (Lipinski definition) is 0. The normalized spacial score (nSPS) is 11.5. The monoisotopic (exact) mass is 561 g/mol. The van der Waals surface area contributed by atoms with Crippen LogP contribution in [0.15, 0.2) is 176 Å². The van der Waals surface area contributed by atoms with Crippen molar-refractivity contribution < 1.29 is 0 Å². The van der Waals surface area contributed by atoms with Crippen molar-refractivity contribution in [2.45, 2.75) is 6.42 Å². The summed E-state index contributed by atoms with van der Waals surface area (Å²) in [7, 11) is 0. The van der Waals surface area contributed by atoms with Crippen LogP contribution < -0.4 is 4.90 Å². The first kappa shape index (κ1) is 26.0. The van der Waals surface area contributed by atoms with Crippen molar-refractivity contribution in [2.75, 3.05) is 4.90 Å². The summed E-state index contributed by atoms with van der Waals surface area (Å²) in [5.41, 5.74) is 16.3. The Bertz CT molecular complexity index is 2060. The van der Waals surface area contributed by atoms with E-state index < -0.39 is 0 Å². The second kappa shape index (κ2) is 11.2. The summed E-state index contributed by atoms with van der Waals surface area (Å²) in [5.74, 6) is 0. The van der Waals surface area contributed by atoms with Crippen LogP contribution in [0.5, 0.6) is 0 Å². The first-order valence-electron chi connectivity index (χ1n) is 15.2. The van der Waals surface area contributed by atoms with Crippen molar-refractivity contribution in [3.05, 3.63) is 187 Å². The van der Waals surface area contributed by atoms with E-state index in [2.05, 4.69) is 181 Å². The number of anilines is 3. The van der Waals surface area contributed by atoms with Gasteiger partial charge in [-0.1, -0.05) is 133 Å². The van der Waals surface area contributed by atoms with E-state index in [9.17, 15) is 0 Å². The smallest absolute Gasteiger partial charge is 0.0462 e. The van der Waals surface area contributed by atoms with Gasteiger partial charge in [0.1, 0.15) is 0 Å². The van der Waals surface area contributed by atoms with Gasteiger partial charge >= 0.3 is 0 Å². The molecule has 1 nitrogen and oxygen atoms in total. The molecule has 0 fully saturated rings.